The summed E-state index contributed by atoms with van der Waals surface area (Å²) in [5, 5.41) is 16.7. The minimum Gasteiger partial charge on any atom is -0.449 e. The second-order valence-electron chi connectivity index (χ2n) is 10.2. The van der Waals surface area contributed by atoms with Crippen molar-refractivity contribution in [2.24, 2.45) is 5.92 Å². The predicted molar refractivity (Wildman–Crippen MR) is 152 cm³/mol. The highest BCUT2D eigenvalue weighted by Crippen LogP contribution is 2.33. The molecule has 1 saturated heterocycles. The summed E-state index contributed by atoms with van der Waals surface area (Å²) in [5.41, 5.74) is 3.16. The Kier molecular flexibility index (Phi) is 7.24. The van der Waals surface area contributed by atoms with E-state index in [0.717, 1.165) is 54.3 Å². The summed E-state index contributed by atoms with van der Waals surface area (Å²) in [7, 11) is 0. The molecule has 39 heavy (non-hydrogen) atoms. The molecule has 3 aromatic carbocycles. The van der Waals surface area contributed by atoms with Crippen LogP contribution in [0.4, 0.5) is 17.1 Å². The summed E-state index contributed by atoms with van der Waals surface area (Å²) in [4.78, 5) is 39.0. The van der Waals surface area contributed by atoms with Gasteiger partial charge in [-0.05, 0) is 69.0 Å². The van der Waals surface area contributed by atoms with Crippen molar-refractivity contribution in [3.8, 4) is 0 Å². The number of carbonyl (C=O) groups is 2. The number of benzene rings is 3. The molecule has 0 spiro atoms. The molecule has 9 heteroatoms. The maximum Gasteiger partial charge on any atom is 0.339 e. The molecule has 1 fully saturated rings. The van der Waals surface area contributed by atoms with Crippen LogP contribution in [-0.4, -0.2) is 40.6 Å². The monoisotopic (exact) mass is 528 g/mol. The Balaban J connectivity index is 1.30. The molecule has 1 amide bonds. The summed E-state index contributed by atoms with van der Waals surface area (Å²) in [6.07, 6.45) is 0.815. The Hall–Kier alpha value is -4.40. The van der Waals surface area contributed by atoms with Gasteiger partial charge in [-0.25, -0.2) is 4.79 Å². The van der Waals surface area contributed by atoms with E-state index in [1.165, 1.54) is 19.1 Å². The smallest absolute Gasteiger partial charge is 0.339 e. The van der Waals surface area contributed by atoms with E-state index in [4.69, 9.17) is 4.74 Å². The first kappa shape index (κ1) is 26.2. The summed E-state index contributed by atoms with van der Waals surface area (Å²) >= 11 is 0. The molecule has 1 aliphatic heterocycles. The molecule has 0 radical (unpaired) electrons. The van der Waals surface area contributed by atoms with E-state index in [0.29, 0.717) is 17.3 Å². The third kappa shape index (κ3) is 5.16. The molecule has 0 bridgehead atoms. The number of anilines is 2. The number of nitrogens with zero attached hydrogens (tertiary/aromatic N) is 3. The van der Waals surface area contributed by atoms with Gasteiger partial charge in [0.1, 0.15) is 5.69 Å². The molecule has 0 saturated carbocycles. The van der Waals surface area contributed by atoms with Crippen LogP contribution in [0, 0.1) is 16.0 Å². The Bertz CT molecular complexity index is 1570. The van der Waals surface area contributed by atoms with Gasteiger partial charge in [0.25, 0.3) is 11.6 Å². The number of aryl methyl sites for hydroxylation is 1. The molecule has 2 heterocycles. The van der Waals surface area contributed by atoms with Crippen molar-refractivity contribution in [1.29, 1.82) is 0 Å². The maximum absolute atomic E-state index is 12.9. The number of nitro benzene ring substituents is 1. The van der Waals surface area contributed by atoms with E-state index in [1.807, 2.05) is 35.2 Å². The van der Waals surface area contributed by atoms with Crippen molar-refractivity contribution in [3.63, 3.8) is 0 Å². The molecule has 0 aliphatic carbocycles. The highest BCUT2D eigenvalue weighted by atomic mass is 16.6. The topological polar surface area (TPSA) is 107 Å². The number of amides is 1. The number of fused-ring (bicyclic) bond motifs is 3. The average Bonchev–Trinajstić information content (AvgIpc) is 3.26. The highest BCUT2D eigenvalue weighted by Gasteiger charge is 2.26. The van der Waals surface area contributed by atoms with Gasteiger partial charge in [-0.1, -0.05) is 25.1 Å². The van der Waals surface area contributed by atoms with Gasteiger partial charge in [0.15, 0.2) is 6.10 Å². The van der Waals surface area contributed by atoms with Crippen LogP contribution < -0.4 is 10.2 Å². The van der Waals surface area contributed by atoms with E-state index < -0.39 is 22.9 Å². The SMILES string of the molecule is CCn1c2ccccc2c2cc(NC(=O)[C@@H](C)OC(=O)c3ccc(N4CCC(C)CC4)c([N+](=O)[O-])c3)ccc21. The standard InChI is InChI=1S/C30H32N4O5/c1-4-33-25-8-6-5-7-23(25)24-18-22(10-12-26(24)33)31-29(35)20(3)39-30(36)21-9-11-27(28(17-21)34(37)38)32-15-13-19(2)14-16-32/h5-12,17-20H,4,13-16H2,1-3H3,(H,31,35)/t20-/m1/s1. The lowest BCUT2D eigenvalue weighted by Gasteiger charge is -2.31. The second-order valence-corrected chi connectivity index (χ2v) is 10.2. The first-order valence-electron chi connectivity index (χ1n) is 13.3. The number of ether oxygens (including phenoxy) is 1. The lowest BCUT2D eigenvalue weighted by Crippen LogP contribution is -2.33. The molecule has 4 aromatic rings. The molecular weight excluding hydrogens is 496 g/mol. The predicted octanol–water partition coefficient (Wildman–Crippen LogP) is 6.14. The van der Waals surface area contributed by atoms with Gasteiger partial charge in [-0.3, -0.25) is 14.9 Å². The minimum absolute atomic E-state index is 0.0317. The first-order valence-corrected chi connectivity index (χ1v) is 13.3. The number of rotatable bonds is 7. The molecule has 1 atom stereocenters. The van der Waals surface area contributed by atoms with Crippen molar-refractivity contribution >= 4 is 50.7 Å². The molecular formula is C30H32N4O5. The van der Waals surface area contributed by atoms with Crippen LogP contribution >= 0.6 is 0 Å². The number of hydrogen-bond acceptors (Lipinski definition) is 6. The lowest BCUT2D eigenvalue weighted by atomic mass is 9.98. The van der Waals surface area contributed by atoms with E-state index in [1.54, 1.807) is 6.07 Å². The van der Waals surface area contributed by atoms with Crippen molar-refractivity contribution in [1.82, 2.24) is 4.57 Å². The van der Waals surface area contributed by atoms with Gasteiger partial charge in [0, 0.05) is 53.2 Å². The van der Waals surface area contributed by atoms with Crippen LogP contribution in [0.2, 0.25) is 0 Å². The summed E-state index contributed by atoms with van der Waals surface area (Å²) in [6, 6.07) is 18.2. The Morgan fingerprint density at radius 3 is 2.49 bits per heavy atom. The zero-order chi connectivity index (χ0) is 27.7. The third-order valence-electron chi connectivity index (χ3n) is 7.54. The van der Waals surface area contributed by atoms with Crippen LogP contribution in [0.15, 0.2) is 60.7 Å². The van der Waals surface area contributed by atoms with E-state index >= 15 is 0 Å². The van der Waals surface area contributed by atoms with Gasteiger partial charge in [0.05, 0.1) is 10.5 Å². The normalized spacial score (nSPS) is 14.9. The number of carbonyl (C=O) groups excluding carboxylic acids is 2. The van der Waals surface area contributed by atoms with Gasteiger partial charge >= 0.3 is 5.97 Å². The lowest BCUT2D eigenvalue weighted by molar-refractivity contribution is -0.384. The summed E-state index contributed by atoms with van der Waals surface area (Å²) in [5.74, 6) is -0.697. The number of para-hydroxylation sites is 1. The van der Waals surface area contributed by atoms with Crippen molar-refractivity contribution in [3.05, 3.63) is 76.3 Å². The Labute approximate surface area is 226 Å². The number of nitrogens with one attached hydrogen (secondary N) is 1. The average molecular weight is 529 g/mol. The van der Waals surface area contributed by atoms with Crippen molar-refractivity contribution < 1.29 is 19.2 Å². The van der Waals surface area contributed by atoms with Gasteiger partial charge in [-0.2, -0.15) is 0 Å². The molecule has 9 nitrogen and oxygen atoms in total. The van der Waals surface area contributed by atoms with E-state index in [-0.39, 0.29) is 11.3 Å². The van der Waals surface area contributed by atoms with Crippen LogP contribution in [0.5, 0.6) is 0 Å². The molecule has 1 N–H and O–H groups in total. The molecule has 5 rings (SSSR count). The maximum atomic E-state index is 12.9. The zero-order valence-corrected chi connectivity index (χ0v) is 22.3. The summed E-state index contributed by atoms with van der Waals surface area (Å²) < 4.78 is 7.61. The van der Waals surface area contributed by atoms with Crippen LogP contribution in [0.1, 0.15) is 44.0 Å². The fourth-order valence-corrected chi connectivity index (χ4v) is 5.31. The Morgan fingerprint density at radius 1 is 1.05 bits per heavy atom. The largest absolute Gasteiger partial charge is 0.449 e. The zero-order valence-electron chi connectivity index (χ0n) is 22.3. The van der Waals surface area contributed by atoms with Crippen molar-refractivity contribution in [2.75, 3.05) is 23.3 Å². The van der Waals surface area contributed by atoms with Crippen molar-refractivity contribution in [2.45, 2.75) is 46.3 Å². The minimum atomic E-state index is -1.10. The van der Waals surface area contributed by atoms with E-state index in [2.05, 4.69) is 35.9 Å². The number of piperidine rings is 1. The third-order valence-corrected chi connectivity index (χ3v) is 7.54. The highest BCUT2D eigenvalue weighted by molar-refractivity contribution is 6.10. The number of esters is 1. The Morgan fingerprint density at radius 2 is 1.77 bits per heavy atom. The van der Waals surface area contributed by atoms with Crippen LogP contribution in [-0.2, 0) is 16.1 Å². The number of hydrogen-bond donors (Lipinski definition) is 1. The van der Waals surface area contributed by atoms with Gasteiger partial charge < -0.3 is 19.5 Å². The fourth-order valence-electron chi connectivity index (χ4n) is 5.31. The van der Waals surface area contributed by atoms with Crippen LogP contribution in [0.25, 0.3) is 21.8 Å². The summed E-state index contributed by atoms with van der Waals surface area (Å²) in [6.45, 7) is 8.02. The number of aromatic nitrogens is 1. The van der Waals surface area contributed by atoms with Gasteiger partial charge in [-0.15, -0.1) is 0 Å². The van der Waals surface area contributed by atoms with Crippen LogP contribution in [0.3, 0.4) is 0 Å². The molecule has 202 valence electrons. The molecule has 0 unspecified atom stereocenters. The molecule has 1 aliphatic rings. The fraction of sp³-hybridized carbons (Fsp3) is 0.333. The first-order chi connectivity index (χ1) is 18.8. The quantitative estimate of drug-likeness (QED) is 0.175. The number of nitro groups is 1. The molecule has 1 aromatic heterocycles. The second kappa shape index (κ2) is 10.8. The van der Waals surface area contributed by atoms with Gasteiger partial charge in [0.2, 0.25) is 0 Å². The van der Waals surface area contributed by atoms with E-state index in [9.17, 15) is 19.7 Å².